The van der Waals surface area contributed by atoms with Gasteiger partial charge in [-0.1, -0.05) is 20.8 Å². The van der Waals surface area contributed by atoms with E-state index in [1.807, 2.05) is 20.8 Å². The molecule has 0 aromatic heterocycles. The van der Waals surface area contributed by atoms with E-state index in [0.29, 0.717) is 4.47 Å². The van der Waals surface area contributed by atoms with Crippen molar-refractivity contribution in [3.63, 3.8) is 0 Å². The second-order valence-corrected chi connectivity index (χ2v) is 4.93. The first-order chi connectivity index (χ1) is 5.82. The topological polar surface area (TPSA) is 40.5 Å². The van der Waals surface area contributed by atoms with Gasteiger partial charge < -0.3 is 10.2 Å². The van der Waals surface area contributed by atoms with Crippen molar-refractivity contribution in [2.24, 2.45) is 0 Å². The highest BCUT2D eigenvalue weighted by Gasteiger charge is 2.19. The van der Waals surface area contributed by atoms with E-state index in [4.69, 9.17) is 0 Å². The smallest absolute Gasteiger partial charge is 0.130 e. The summed E-state index contributed by atoms with van der Waals surface area (Å²) in [5.74, 6) is 0.361. The van der Waals surface area contributed by atoms with Crippen molar-refractivity contribution in [3.05, 3.63) is 22.2 Å². The first-order valence-corrected chi connectivity index (χ1v) is 4.83. The minimum Gasteiger partial charge on any atom is -0.508 e. The van der Waals surface area contributed by atoms with Crippen LogP contribution in [0.5, 0.6) is 11.5 Å². The molecule has 0 aliphatic heterocycles. The predicted molar refractivity (Wildman–Crippen MR) is 56.2 cm³/mol. The monoisotopic (exact) mass is 244 g/mol. The number of hydrogen-bond donors (Lipinski definition) is 2. The summed E-state index contributed by atoms with van der Waals surface area (Å²) in [5.41, 5.74) is 0.579. The first-order valence-electron chi connectivity index (χ1n) is 4.04. The molecule has 1 rings (SSSR count). The average Bonchev–Trinajstić information content (AvgIpc) is 1.94. The number of benzene rings is 1. The van der Waals surface area contributed by atoms with Gasteiger partial charge >= 0.3 is 0 Å². The lowest BCUT2D eigenvalue weighted by Crippen LogP contribution is -2.11. The Labute approximate surface area is 86.3 Å². The Kier molecular flexibility index (Phi) is 2.57. The van der Waals surface area contributed by atoms with Gasteiger partial charge in [0.25, 0.3) is 0 Å². The van der Waals surface area contributed by atoms with E-state index in [0.717, 1.165) is 5.56 Å². The number of halogens is 1. The van der Waals surface area contributed by atoms with Crippen LogP contribution < -0.4 is 0 Å². The minimum absolute atomic E-state index is 0.155. The summed E-state index contributed by atoms with van der Waals surface area (Å²) in [7, 11) is 0. The van der Waals surface area contributed by atoms with Crippen LogP contribution in [0.1, 0.15) is 26.3 Å². The van der Waals surface area contributed by atoms with Gasteiger partial charge in [-0.2, -0.15) is 0 Å². The molecule has 0 radical (unpaired) electrons. The first kappa shape index (κ1) is 10.4. The van der Waals surface area contributed by atoms with Gasteiger partial charge in [0.15, 0.2) is 0 Å². The molecule has 0 aliphatic rings. The largest absolute Gasteiger partial charge is 0.508 e. The zero-order chi connectivity index (χ0) is 10.2. The zero-order valence-corrected chi connectivity index (χ0v) is 9.51. The van der Waals surface area contributed by atoms with Crippen LogP contribution in [0, 0.1) is 0 Å². The van der Waals surface area contributed by atoms with Gasteiger partial charge in [-0.3, -0.25) is 0 Å². The SMILES string of the molecule is CC(C)(C)c1cc(O)c(Br)cc1O. The van der Waals surface area contributed by atoms with Gasteiger partial charge in [0.2, 0.25) is 0 Å². The van der Waals surface area contributed by atoms with Crippen LogP contribution >= 0.6 is 15.9 Å². The van der Waals surface area contributed by atoms with Gasteiger partial charge in [-0.05, 0) is 33.5 Å². The van der Waals surface area contributed by atoms with Crippen LogP contribution in [-0.4, -0.2) is 10.2 Å². The quantitative estimate of drug-likeness (QED) is 0.689. The highest BCUT2D eigenvalue weighted by atomic mass is 79.9. The Morgan fingerprint density at radius 2 is 1.62 bits per heavy atom. The maximum absolute atomic E-state index is 9.61. The predicted octanol–water partition coefficient (Wildman–Crippen LogP) is 3.16. The Bertz CT molecular complexity index is 326. The third-order valence-electron chi connectivity index (χ3n) is 1.87. The normalized spacial score (nSPS) is 11.7. The van der Waals surface area contributed by atoms with Gasteiger partial charge in [-0.25, -0.2) is 0 Å². The number of rotatable bonds is 0. The molecule has 0 saturated heterocycles. The molecular formula is C10H13BrO2. The molecule has 72 valence electrons. The van der Waals surface area contributed by atoms with Gasteiger partial charge in [0.1, 0.15) is 11.5 Å². The minimum atomic E-state index is -0.164. The molecule has 3 heteroatoms. The van der Waals surface area contributed by atoms with Crippen molar-refractivity contribution >= 4 is 15.9 Å². The van der Waals surface area contributed by atoms with Crippen molar-refractivity contribution < 1.29 is 10.2 Å². The molecule has 0 bridgehead atoms. The molecule has 2 N–H and O–H groups in total. The van der Waals surface area contributed by atoms with Crippen molar-refractivity contribution in [2.75, 3.05) is 0 Å². The second-order valence-electron chi connectivity index (χ2n) is 4.07. The standard InChI is InChI=1S/C10H13BrO2/c1-10(2,3)6-4-9(13)7(11)5-8(6)12/h4-5,12-13H,1-3H3. The van der Waals surface area contributed by atoms with Gasteiger partial charge in [0.05, 0.1) is 4.47 Å². The average molecular weight is 245 g/mol. The maximum Gasteiger partial charge on any atom is 0.130 e. The Balaban J connectivity index is 3.32. The van der Waals surface area contributed by atoms with Crippen LogP contribution in [0.3, 0.4) is 0 Å². The van der Waals surface area contributed by atoms with E-state index in [-0.39, 0.29) is 16.9 Å². The summed E-state index contributed by atoms with van der Waals surface area (Å²) in [6.45, 7) is 5.94. The molecule has 0 amide bonds. The fourth-order valence-corrected chi connectivity index (χ4v) is 1.48. The van der Waals surface area contributed by atoms with Gasteiger partial charge in [-0.15, -0.1) is 0 Å². The van der Waals surface area contributed by atoms with Gasteiger partial charge in [0, 0.05) is 5.56 Å². The van der Waals surface area contributed by atoms with E-state index < -0.39 is 0 Å². The molecule has 0 spiro atoms. The summed E-state index contributed by atoms with van der Waals surface area (Å²) >= 11 is 3.14. The number of phenolic OH excluding ortho intramolecular Hbond substituents is 2. The Morgan fingerprint density at radius 3 is 2.08 bits per heavy atom. The fraction of sp³-hybridized carbons (Fsp3) is 0.400. The summed E-state index contributed by atoms with van der Waals surface area (Å²) in [4.78, 5) is 0. The number of phenols is 2. The third-order valence-corrected chi connectivity index (χ3v) is 2.51. The molecule has 0 heterocycles. The Hall–Kier alpha value is -0.700. The molecule has 2 nitrogen and oxygen atoms in total. The Morgan fingerprint density at radius 1 is 1.08 bits per heavy atom. The molecule has 0 atom stereocenters. The van der Waals surface area contributed by atoms with Crippen LogP contribution in [0.2, 0.25) is 0 Å². The van der Waals surface area contributed by atoms with E-state index >= 15 is 0 Å². The highest BCUT2D eigenvalue weighted by Crippen LogP contribution is 2.37. The fourth-order valence-electron chi connectivity index (χ4n) is 1.15. The van der Waals surface area contributed by atoms with Crippen molar-refractivity contribution in [1.82, 2.24) is 0 Å². The second kappa shape index (κ2) is 3.22. The number of hydrogen-bond acceptors (Lipinski definition) is 2. The summed E-state index contributed by atoms with van der Waals surface area (Å²) < 4.78 is 0.512. The lowest BCUT2D eigenvalue weighted by Gasteiger charge is -2.20. The van der Waals surface area contributed by atoms with Crippen LogP contribution in [0.4, 0.5) is 0 Å². The molecule has 0 aliphatic carbocycles. The van der Waals surface area contributed by atoms with Crippen LogP contribution in [0.25, 0.3) is 0 Å². The van der Waals surface area contributed by atoms with E-state index in [1.165, 1.54) is 6.07 Å². The van der Waals surface area contributed by atoms with Crippen molar-refractivity contribution in [2.45, 2.75) is 26.2 Å². The third kappa shape index (κ3) is 2.15. The van der Waals surface area contributed by atoms with Crippen LogP contribution in [0.15, 0.2) is 16.6 Å². The highest BCUT2D eigenvalue weighted by molar-refractivity contribution is 9.10. The van der Waals surface area contributed by atoms with E-state index in [9.17, 15) is 10.2 Å². The lowest BCUT2D eigenvalue weighted by atomic mass is 9.86. The molecule has 0 unspecified atom stereocenters. The van der Waals surface area contributed by atoms with E-state index in [2.05, 4.69) is 15.9 Å². The van der Waals surface area contributed by atoms with Crippen LogP contribution in [-0.2, 0) is 5.41 Å². The number of aromatic hydroxyl groups is 2. The summed E-state index contributed by atoms with van der Waals surface area (Å²) in [6, 6.07) is 3.09. The molecular weight excluding hydrogens is 232 g/mol. The molecule has 1 aromatic rings. The summed E-state index contributed by atoms with van der Waals surface area (Å²) in [5, 5.41) is 19.0. The molecule has 0 saturated carbocycles. The maximum atomic E-state index is 9.61. The molecule has 0 fully saturated rings. The lowest BCUT2D eigenvalue weighted by molar-refractivity contribution is 0.433. The zero-order valence-electron chi connectivity index (χ0n) is 7.93. The summed E-state index contributed by atoms with van der Waals surface area (Å²) in [6.07, 6.45) is 0. The van der Waals surface area contributed by atoms with E-state index in [1.54, 1.807) is 6.07 Å². The van der Waals surface area contributed by atoms with Crippen molar-refractivity contribution in [3.8, 4) is 11.5 Å². The van der Waals surface area contributed by atoms with Crippen molar-refractivity contribution in [1.29, 1.82) is 0 Å². The molecule has 13 heavy (non-hydrogen) atoms. The molecule has 1 aromatic carbocycles.